The number of primary amides is 1. The highest BCUT2D eigenvalue weighted by atomic mass is 28.4. The number of amides is 5. The summed E-state index contributed by atoms with van der Waals surface area (Å²) in [7, 11) is -2.44. The van der Waals surface area contributed by atoms with Gasteiger partial charge >= 0.3 is 12.1 Å². The molecule has 0 aliphatic carbocycles. The molecule has 0 spiro atoms. The summed E-state index contributed by atoms with van der Waals surface area (Å²) in [6.07, 6.45) is 0.877. The molecule has 5 N–H and O–H groups in total. The van der Waals surface area contributed by atoms with Crippen molar-refractivity contribution in [2.24, 2.45) is 11.7 Å². The Morgan fingerprint density at radius 3 is 2.17 bits per heavy atom. The SMILES string of the molecule is CC(C)(C)OC(=O)NCC(CO[Si](C)(C)C(C)(C)C)C(NC(=O)CCCCCC(C#N)c1ccccc1-c1ccccc1)C(=O)NC(Cc1ccccc1)C(=O)[C@H]1CN(C(N)=O)CCO1. The minimum atomic E-state index is -2.44. The zero-order valence-corrected chi connectivity index (χ0v) is 40.5. The van der Waals surface area contributed by atoms with E-state index in [1.807, 2.05) is 84.9 Å². The maximum absolute atomic E-state index is 14.8. The summed E-state index contributed by atoms with van der Waals surface area (Å²) in [6.45, 7) is 15.8. The number of nitriles is 1. The van der Waals surface area contributed by atoms with Gasteiger partial charge in [0.05, 0.1) is 31.2 Å². The standard InChI is InChI=1S/C50H70N6O8Si/c1-49(2,3)64-48(61)53-32-38(34-63-65(7,8)50(4,5)6)44(46(59)54-41(30-35-20-12-9-13-21-35)45(58)42-33-56(47(52)60)28-29-62-42)55-43(57)27-17-11-16-24-37(31-51)40-26-19-18-25-39(40)36-22-14-10-15-23-36/h9-10,12-15,18-23,25-26,37-38,41-42,44H,11,16-17,24,27-30,32-34H2,1-8H3,(H2,52,60)(H,53,61)(H,54,59)(H,55,57)/t37?,38?,41?,42-,44?/m1/s1. The average molecular weight is 911 g/mol. The highest BCUT2D eigenvalue weighted by molar-refractivity contribution is 6.74. The number of rotatable bonds is 21. The third-order valence-electron chi connectivity index (χ3n) is 12.1. The Balaban J connectivity index is 1.58. The lowest BCUT2D eigenvalue weighted by Gasteiger charge is -2.38. The number of alkyl carbamates (subject to hydrolysis) is 1. The maximum Gasteiger partial charge on any atom is 0.407 e. The van der Waals surface area contributed by atoms with Crippen LogP contribution in [0.25, 0.3) is 11.1 Å². The molecule has 4 unspecified atom stereocenters. The zero-order chi connectivity index (χ0) is 47.8. The minimum absolute atomic E-state index is 0.00126. The number of nitrogens with one attached hydrogen (secondary N) is 3. The van der Waals surface area contributed by atoms with Crippen molar-refractivity contribution in [2.75, 3.05) is 32.8 Å². The summed E-state index contributed by atoms with van der Waals surface area (Å²) in [6, 6.07) is 26.5. The van der Waals surface area contributed by atoms with Gasteiger partial charge in [-0.15, -0.1) is 0 Å². The first kappa shape index (κ1) is 52.1. The van der Waals surface area contributed by atoms with Crippen LogP contribution in [0.2, 0.25) is 18.1 Å². The summed E-state index contributed by atoms with van der Waals surface area (Å²) in [5, 5.41) is 18.7. The Labute approximate surface area is 386 Å². The number of ether oxygens (including phenoxy) is 2. The largest absolute Gasteiger partial charge is 0.444 e. The van der Waals surface area contributed by atoms with Crippen LogP contribution in [0.5, 0.6) is 0 Å². The molecular formula is C50H70N6O8Si. The van der Waals surface area contributed by atoms with Crippen LogP contribution in [0.15, 0.2) is 84.9 Å². The number of nitrogens with zero attached hydrogens (tertiary/aromatic N) is 2. The quantitative estimate of drug-likeness (QED) is 0.0612. The van der Waals surface area contributed by atoms with Gasteiger partial charge in [-0.2, -0.15) is 5.26 Å². The molecule has 0 bridgehead atoms. The molecule has 5 amide bonds. The molecule has 1 aliphatic heterocycles. The maximum atomic E-state index is 14.8. The molecule has 0 saturated carbocycles. The molecule has 65 heavy (non-hydrogen) atoms. The molecule has 0 radical (unpaired) electrons. The molecule has 15 heteroatoms. The van der Waals surface area contributed by atoms with Crippen molar-refractivity contribution < 1.29 is 37.9 Å². The van der Waals surface area contributed by atoms with Crippen molar-refractivity contribution in [1.29, 1.82) is 5.26 Å². The Hall–Kier alpha value is -5.56. The van der Waals surface area contributed by atoms with Crippen LogP contribution >= 0.6 is 0 Å². The van der Waals surface area contributed by atoms with E-state index in [-0.39, 0.29) is 56.6 Å². The number of morpholine rings is 1. The van der Waals surface area contributed by atoms with Gasteiger partial charge in [-0.3, -0.25) is 14.4 Å². The normalized spacial score (nSPS) is 16.2. The molecule has 0 aromatic heterocycles. The first-order valence-electron chi connectivity index (χ1n) is 22.7. The van der Waals surface area contributed by atoms with Crippen LogP contribution in [0.1, 0.15) is 90.7 Å². The van der Waals surface area contributed by atoms with Crippen molar-refractivity contribution in [3.63, 3.8) is 0 Å². The number of benzene rings is 3. The van der Waals surface area contributed by atoms with Gasteiger partial charge in [0.1, 0.15) is 17.7 Å². The zero-order valence-electron chi connectivity index (χ0n) is 39.5. The van der Waals surface area contributed by atoms with E-state index in [1.165, 1.54) is 4.90 Å². The van der Waals surface area contributed by atoms with Crippen molar-refractivity contribution in [2.45, 2.75) is 128 Å². The van der Waals surface area contributed by atoms with Crippen LogP contribution in [-0.4, -0.2) is 99.6 Å². The number of urea groups is 1. The number of carbonyl (C=O) groups is 5. The van der Waals surface area contributed by atoms with Gasteiger partial charge in [0, 0.05) is 32.0 Å². The van der Waals surface area contributed by atoms with Crippen molar-refractivity contribution in [1.82, 2.24) is 20.9 Å². The van der Waals surface area contributed by atoms with E-state index in [2.05, 4.69) is 55.9 Å². The number of unbranched alkanes of at least 4 members (excludes halogenated alkanes) is 2. The fourth-order valence-electron chi connectivity index (χ4n) is 7.34. The van der Waals surface area contributed by atoms with Gasteiger partial charge in [0.15, 0.2) is 14.1 Å². The van der Waals surface area contributed by atoms with E-state index in [9.17, 15) is 29.2 Å². The number of nitrogens with two attached hydrogens (primary N) is 1. The highest BCUT2D eigenvalue weighted by Crippen LogP contribution is 2.37. The molecule has 1 saturated heterocycles. The Bertz CT molecular complexity index is 2080. The fourth-order valence-corrected chi connectivity index (χ4v) is 8.40. The molecule has 4 rings (SSSR count). The summed E-state index contributed by atoms with van der Waals surface area (Å²) in [5.74, 6) is -2.65. The summed E-state index contributed by atoms with van der Waals surface area (Å²) >= 11 is 0. The summed E-state index contributed by atoms with van der Waals surface area (Å²) in [5.41, 5.74) is 8.56. The van der Waals surface area contributed by atoms with Crippen LogP contribution in [0.4, 0.5) is 9.59 Å². The lowest BCUT2D eigenvalue weighted by atomic mass is 9.88. The number of ketones is 1. The van der Waals surface area contributed by atoms with Gasteiger partial charge in [-0.1, -0.05) is 119 Å². The molecule has 1 aliphatic rings. The van der Waals surface area contributed by atoms with E-state index in [1.54, 1.807) is 20.8 Å². The second-order valence-electron chi connectivity index (χ2n) is 19.3. The molecular weight excluding hydrogens is 841 g/mol. The molecule has 1 heterocycles. The molecule has 352 valence electrons. The summed E-state index contributed by atoms with van der Waals surface area (Å²) in [4.78, 5) is 69.5. The monoisotopic (exact) mass is 911 g/mol. The minimum Gasteiger partial charge on any atom is -0.444 e. The average Bonchev–Trinajstić information content (AvgIpc) is 3.26. The van der Waals surface area contributed by atoms with Gasteiger partial charge in [-0.05, 0) is 80.4 Å². The van der Waals surface area contributed by atoms with Gasteiger partial charge in [0.2, 0.25) is 11.8 Å². The highest BCUT2D eigenvalue weighted by Gasteiger charge is 2.41. The Morgan fingerprint density at radius 2 is 1.54 bits per heavy atom. The fraction of sp³-hybridized carbons (Fsp3) is 0.520. The van der Waals surface area contributed by atoms with Crippen LogP contribution < -0.4 is 21.7 Å². The molecule has 5 atom stereocenters. The molecule has 3 aromatic carbocycles. The number of hydrogen-bond acceptors (Lipinski definition) is 9. The Morgan fingerprint density at radius 1 is 0.892 bits per heavy atom. The molecule has 14 nitrogen and oxygen atoms in total. The molecule has 3 aromatic rings. The number of carbonyl (C=O) groups excluding carboxylic acids is 5. The lowest BCUT2D eigenvalue weighted by molar-refractivity contribution is -0.140. The molecule has 1 fully saturated rings. The Kier molecular flexibility index (Phi) is 19.3. The van der Waals surface area contributed by atoms with Crippen molar-refractivity contribution in [3.8, 4) is 17.2 Å². The van der Waals surface area contributed by atoms with Crippen molar-refractivity contribution in [3.05, 3.63) is 96.1 Å². The van der Waals surface area contributed by atoms with Crippen LogP contribution in [0.3, 0.4) is 0 Å². The lowest BCUT2D eigenvalue weighted by Crippen LogP contribution is -2.60. The third kappa shape index (κ3) is 16.4. The smallest absolute Gasteiger partial charge is 0.407 e. The van der Waals surface area contributed by atoms with E-state index in [4.69, 9.17) is 19.6 Å². The number of hydrogen-bond donors (Lipinski definition) is 4. The summed E-state index contributed by atoms with van der Waals surface area (Å²) < 4.78 is 18.0. The van der Waals surface area contributed by atoms with E-state index < -0.39 is 67.7 Å². The van der Waals surface area contributed by atoms with Crippen LogP contribution in [-0.2, 0) is 34.7 Å². The van der Waals surface area contributed by atoms with Crippen LogP contribution in [0, 0.1) is 17.2 Å². The van der Waals surface area contributed by atoms with Gasteiger partial charge in [-0.25, -0.2) is 9.59 Å². The second kappa shape index (κ2) is 24.1. The van der Waals surface area contributed by atoms with Crippen molar-refractivity contribution >= 4 is 38.0 Å². The van der Waals surface area contributed by atoms with E-state index >= 15 is 0 Å². The van der Waals surface area contributed by atoms with E-state index in [0.717, 1.165) is 22.3 Å². The first-order valence-corrected chi connectivity index (χ1v) is 25.6. The predicted octanol–water partition coefficient (Wildman–Crippen LogP) is 7.63. The number of Topliss-reactive ketones (excluding diaryl/α,β-unsaturated/α-hetero) is 1. The predicted molar refractivity (Wildman–Crippen MR) is 254 cm³/mol. The van der Waals surface area contributed by atoms with E-state index in [0.29, 0.717) is 25.7 Å². The van der Waals surface area contributed by atoms with Gasteiger partial charge < -0.3 is 40.5 Å². The topological polar surface area (TPSA) is 202 Å². The first-order chi connectivity index (χ1) is 30.7. The third-order valence-corrected chi connectivity index (χ3v) is 16.6. The second-order valence-corrected chi connectivity index (χ2v) is 24.1. The van der Waals surface area contributed by atoms with Gasteiger partial charge in [0.25, 0.3) is 0 Å².